The SMILES string of the molecule is Cc1ncsc1CN(C)C[C@@H]1CCN(Cc2cn3ccccc3n2)C1. The molecule has 0 unspecified atom stereocenters. The highest BCUT2D eigenvalue weighted by Crippen LogP contribution is 2.21. The first kappa shape index (κ1) is 16.7. The molecule has 1 aliphatic rings. The number of nitrogens with zero attached hydrogens (tertiary/aromatic N) is 5. The molecule has 1 atom stereocenters. The van der Waals surface area contributed by atoms with Gasteiger partial charge in [0.15, 0.2) is 0 Å². The van der Waals surface area contributed by atoms with Gasteiger partial charge in [-0.1, -0.05) is 6.07 Å². The molecule has 0 N–H and O–H groups in total. The minimum absolute atomic E-state index is 0.746. The molecule has 6 heteroatoms. The molecule has 0 amide bonds. The van der Waals surface area contributed by atoms with Crippen LogP contribution in [-0.4, -0.2) is 50.9 Å². The van der Waals surface area contributed by atoms with Gasteiger partial charge in [-0.2, -0.15) is 0 Å². The van der Waals surface area contributed by atoms with Crippen LogP contribution in [0, 0.1) is 12.8 Å². The van der Waals surface area contributed by atoms with Gasteiger partial charge in [0.25, 0.3) is 0 Å². The lowest BCUT2D eigenvalue weighted by atomic mass is 10.1. The molecule has 3 aromatic rings. The molecule has 132 valence electrons. The zero-order valence-electron chi connectivity index (χ0n) is 14.9. The van der Waals surface area contributed by atoms with Crippen LogP contribution in [-0.2, 0) is 13.1 Å². The van der Waals surface area contributed by atoms with Crippen molar-refractivity contribution >= 4 is 17.0 Å². The van der Waals surface area contributed by atoms with Gasteiger partial charge in [0.1, 0.15) is 5.65 Å². The maximum Gasteiger partial charge on any atom is 0.137 e. The molecule has 0 radical (unpaired) electrons. The van der Waals surface area contributed by atoms with Crippen molar-refractivity contribution in [3.63, 3.8) is 0 Å². The van der Waals surface area contributed by atoms with Crippen LogP contribution in [0.3, 0.4) is 0 Å². The largest absolute Gasteiger partial charge is 0.307 e. The first-order valence-electron chi connectivity index (χ1n) is 8.90. The van der Waals surface area contributed by atoms with E-state index in [2.05, 4.69) is 51.6 Å². The third kappa shape index (κ3) is 3.92. The number of aryl methyl sites for hydroxylation is 1. The second kappa shape index (κ2) is 7.23. The highest BCUT2D eigenvalue weighted by atomic mass is 32.1. The lowest BCUT2D eigenvalue weighted by Gasteiger charge is -2.21. The first-order valence-corrected chi connectivity index (χ1v) is 9.78. The molecule has 25 heavy (non-hydrogen) atoms. The Labute approximate surface area is 152 Å². The van der Waals surface area contributed by atoms with Crippen LogP contribution >= 0.6 is 11.3 Å². The highest BCUT2D eigenvalue weighted by Gasteiger charge is 2.24. The number of pyridine rings is 1. The summed E-state index contributed by atoms with van der Waals surface area (Å²) in [5, 5.41) is 0. The van der Waals surface area contributed by atoms with E-state index < -0.39 is 0 Å². The Hall–Kier alpha value is -1.76. The molecule has 5 nitrogen and oxygen atoms in total. The molecule has 4 heterocycles. The van der Waals surface area contributed by atoms with Crippen LogP contribution < -0.4 is 0 Å². The van der Waals surface area contributed by atoms with Crippen molar-refractivity contribution in [3.8, 4) is 0 Å². The van der Waals surface area contributed by atoms with Gasteiger partial charge in [-0.05, 0) is 45.0 Å². The average molecular weight is 356 g/mol. The fourth-order valence-corrected chi connectivity index (χ4v) is 4.58. The summed E-state index contributed by atoms with van der Waals surface area (Å²) < 4.78 is 2.11. The highest BCUT2D eigenvalue weighted by molar-refractivity contribution is 7.09. The van der Waals surface area contributed by atoms with E-state index in [0.29, 0.717) is 0 Å². The second-order valence-corrected chi connectivity index (χ2v) is 8.09. The van der Waals surface area contributed by atoms with Crippen LogP contribution in [0.25, 0.3) is 5.65 Å². The predicted octanol–water partition coefficient (Wildman–Crippen LogP) is 3.05. The maximum absolute atomic E-state index is 4.73. The van der Waals surface area contributed by atoms with Crippen LogP contribution in [0.5, 0.6) is 0 Å². The number of hydrogen-bond acceptors (Lipinski definition) is 5. The van der Waals surface area contributed by atoms with Gasteiger partial charge < -0.3 is 9.30 Å². The lowest BCUT2D eigenvalue weighted by molar-refractivity contribution is 0.255. The van der Waals surface area contributed by atoms with Gasteiger partial charge in [-0.25, -0.2) is 9.97 Å². The number of thiazole rings is 1. The second-order valence-electron chi connectivity index (χ2n) is 7.15. The fourth-order valence-electron chi connectivity index (χ4n) is 3.73. The number of fused-ring (bicyclic) bond motifs is 1. The Balaban J connectivity index is 1.29. The fraction of sp³-hybridized carbons (Fsp3) is 0.474. The van der Waals surface area contributed by atoms with Gasteiger partial charge in [0, 0.05) is 43.4 Å². The van der Waals surface area contributed by atoms with E-state index in [1.165, 1.54) is 35.8 Å². The van der Waals surface area contributed by atoms with E-state index in [1.807, 2.05) is 17.6 Å². The molecule has 0 saturated carbocycles. The summed E-state index contributed by atoms with van der Waals surface area (Å²) in [6.07, 6.45) is 5.50. The van der Waals surface area contributed by atoms with Gasteiger partial charge >= 0.3 is 0 Å². The Morgan fingerprint density at radius 1 is 1.36 bits per heavy atom. The Morgan fingerprint density at radius 2 is 2.28 bits per heavy atom. The topological polar surface area (TPSA) is 36.7 Å². The van der Waals surface area contributed by atoms with Crippen molar-refractivity contribution in [1.82, 2.24) is 24.2 Å². The maximum atomic E-state index is 4.73. The van der Waals surface area contributed by atoms with E-state index in [0.717, 1.165) is 31.2 Å². The zero-order valence-corrected chi connectivity index (χ0v) is 15.7. The van der Waals surface area contributed by atoms with Crippen LogP contribution in [0.2, 0.25) is 0 Å². The number of hydrogen-bond donors (Lipinski definition) is 0. The standard InChI is InChI=1S/C19H25N5S/c1-15-18(25-14-20-15)13-22(2)9-16-6-8-23(10-16)11-17-12-24-7-4-3-5-19(24)21-17/h3-5,7,12,14,16H,6,8-11,13H2,1-2H3/t16-/m0/s1. The molecule has 0 bridgehead atoms. The van der Waals surface area contributed by atoms with E-state index in [4.69, 9.17) is 4.98 Å². The molecule has 1 aliphatic heterocycles. The van der Waals surface area contributed by atoms with Crippen molar-refractivity contribution in [2.45, 2.75) is 26.4 Å². The molecule has 1 fully saturated rings. The van der Waals surface area contributed by atoms with Gasteiger partial charge in [-0.3, -0.25) is 4.90 Å². The van der Waals surface area contributed by atoms with E-state index >= 15 is 0 Å². The minimum Gasteiger partial charge on any atom is -0.307 e. The third-order valence-electron chi connectivity index (χ3n) is 5.00. The van der Waals surface area contributed by atoms with E-state index in [1.54, 1.807) is 11.3 Å². The van der Waals surface area contributed by atoms with Crippen molar-refractivity contribution in [2.24, 2.45) is 5.92 Å². The van der Waals surface area contributed by atoms with Crippen molar-refractivity contribution < 1.29 is 0 Å². The zero-order chi connectivity index (χ0) is 17.2. The van der Waals surface area contributed by atoms with Crippen molar-refractivity contribution in [3.05, 3.63) is 52.4 Å². The normalized spacial score (nSPS) is 18.6. The number of aromatic nitrogens is 3. The summed E-state index contributed by atoms with van der Waals surface area (Å²) in [6.45, 7) is 7.56. The Bertz CT molecular complexity index is 806. The van der Waals surface area contributed by atoms with E-state index in [9.17, 15) is 0 Å². The summed E-state index contributed by atoms with van der Waals surface area (Å²) in [6, 6.07) is 6.15. The molecular weight excluding hydrogens is 330 g/mol. The predicted molar refractivity (Wildman–Crippen MR) is 102 cm³/mol. The number of imidazole rings is 1. The van der Waals surface area contributed by atoms with Crippen LogP contribution in [0.1, 0.15) is 22.7 Å². The quantitative estimate of drug-likeness (QED) is 0.681. The van der Waals surface area contributed by atoms with Crippen LogP contribution in [0.4, 0.5) is 0 Å². The monoisotopic (exact) mass is 355 g/mol. The summed E-state index contributed by atoms with van der Waals surface area (Å²) in [7, 11) is 2.23. The summed E-state index contributed by atoms with van der Waals surface area (Å²) >= 11 is 1.77. The first-order chi connectivity index (χ1) is 12.2. The molecule has 1 saturated heterocycles. The van der Waals surface area contributed by atoms with Gasteiger partial charge in [0.05, 0.1) is 16.9 Å². The molecule has 0 aliphatic carbocycles. The molecular formula is C19H25N5S. The molecule has 0 aromatic carbocycles. The van der Waals surface area contributed by atoms with Gasteiger partial charge in [0.2, 0.25) is 0 Å². The lowest BCUT2D eigenvalue weighted by Crippen LogP contribution is -2.28. The van der Waals surface area contributed by atoms with Crippen molar-refractivity contribution in [1.29, 1.82) is 0 Å². The molecule has 4 rings (SSSR count). The van der Waals surface area contributed by atoms with Crippen LogP contribution in [0.15, 0.2) is 36.1 Å². The average Bonchev–Trinajstić information content (AvgIpc) is 3.29. The number of rotatable bonds is 6. The molecule has 3 aromatic heterocycles. The van der Waals surface area contributed by atoms with Gasteiger partial charge in [-0.15, -0.1) is 11.3 Å². The summed E-state index contributed by atoms with van der Waals surface area (Å²) in [5.41, 5.74) is 5.33. The third-order valence-corrected chi connectivity index (χ3v) is 5.92. The summed E-state index contributed by atoms with van der Waals surface area (Å²) in [4.78, 5) is 15.5. The Morgan fingerprint density at radius 3 is 3.08 bits per heavy atom. The Kier molecular flexibility index (Phi) is 4.83. The number of likely N-dealkylation sites (tertiary alicyclic amines) is 1. The van der Waals surface area contributed by atoms with E-state index in [-0.39, 0.29) is 0 Å². The minimum atomic E-state index is 0.746. The smallest absolute Gasteiger partial charge is 0.137 e. The molecule has 0 spiro atoms. The van der Waals surface area contributed by atoms with Crippen molar-refractivity contribution in [2.75, 3.05) is 26.7 Å². The summed E-state index contributed by atoms with van der Waals surface area (Å²) in [5.74, 6) is 0.746.